The highest BCUT2D eigenvalue weighted by Gasteiger charge is 2.22. The van der Waals surface area contributed by atoms with Gasteiger partial charge in [0.05, 0.1) is 28.0 Å². The Morgan fingerprint density at radius 3 is 2.34 bits per heavy atom. The van der Waals surface area contributed by atoms with Gasteiger partial charge in [0.25, 0.3) is 5.91 Å². The predicted octanol–water partition coefficient (Wildman–Crippen LogP) is 5.46. The van der Waals surface area contributed by atoms with E-state index in [0.29, 0.717) is 16.4 Å². The Kier molecular flexibility index (Phi) is 6.96. The fourth-order valence-corrected chi connectivity index (χ4v) is 3.45. The minimum Gasteiger partial charge on any atom is -0.343 e. The number of carbonyl (C=O) groups excluding carboxylic acids is 2. The van der Waals surface area contributed by atoms with Gasteiger partial charge >= 0.3 is 0 Å². The first-order valence-electron chi connectivity index (χ1n) is 10.2. The fourth-order valence-electron chi connectivity index (χ4n) is 3.15. The summed E-state index contributed by atoms with van der Waals surface area (Å²) in [6, 6.07) is 12.5. The highest BCUT2D eigenvalue weighted by molar-refractivity contribution is 6.42. The second kappa shape index (κ2) is 9.35. The molecule has 6 nitrogen and oxygen atoms in total. The molecule has 0 fully saturated rings. The molecular weight excluding hydrogens is 447 g/mol. The molecule has 2 aromatic carbocycles. The summed E-state index contributed by atoms with van der Waals surface area (Å²) in [7, 11) is 0. The summed E-state index contributed by atoms with van der Waals surface area (Å²) in [6.07, 6.45) is 0. The lowest BCUT2D eigenvalue weighted by atomic mass is 9.92. The molecule has 0 saturated carbocycles. The molecule has 0 radical (unpaired) electrons. The SMILES string of the molecule is Cc1ccc(-n2nc(C(C)(C)C)cc2NC(=O)CNC(=O)c2ccc(Cl)c(Cl)c2)c(C)c1. The van der Waals surface area contributed by atoms with E-state index in [9.17, 15) is 9.59 Å². The summed E-state index contributed by atoms with van der Waals surface area (Å²) in [5.74, 6) is -0.252. The molecule has 168 valence electrons. The Hall–Kier alpha value is -2.83. The number of carbonyl (C=O) groups is 2. The van der Waals surface area contributed by atoms with Crippen LogP contribution in [-0.4, -0.2) is 28.1 Å². The number of amides is 2. The Bertz CT molecular complexity index is 1180. The highest BCUT2D eigenvalue weighted by Crippen LogP contribution is 2.28. The van der Waals surface area contributed by atoms with E-state index < -0.39 is 5.91 Å². The van der Waals surface area contributed by atoms with Gasteiger partial charge in [-0.2, -0.15) is 5.10 Å². The average Bonchev–Trinajstić information content (AvgIpc) is 3.12. The number of rotatable bonds is 5. The number of aryl methyl sites for hydroxylation is 2. The van der Waals surface area contributed by atoms with E-state index in [-0.39, 0.29) is 22.9 Å². The third-order valence-electron chi connectivity index (χ3n) is 4.92. The quantitative estimate of drug-likeness (QED) is 0.517. The van der Waals surface area contributed by atoms with E-state index in [1.165, 1.54) is 12.1 Å². The Balaban J connectivity index is 1.79. The summed E-state index contributed by atoms with van der Waals surface area (Å²) < 4.78 is 1.73. The normalized spacial score (nSPS) is 11.3. The van der Waals surface area contributed by atoms with Crippen LogP contribution in [0.3, 0.4) is 0 Å². The number of anilines is 1. The molecule has 3 aromatic rings. The van der Waals surface area contributed by atoms with E-state index in [4.69, 9.17) is 28.3 Å². The van der Waals surface area contributed by atoms with Crippen molar-refractivity contribution in [2.75, 3.05) is 11.9 Å². The third-order valence-corrected chi connectivity index (χ3v) is 5.66. The lowest BCUT2D eigenvalue weighted by Gasteiger charge is -2.14. The monoisotopic (exact) mass is 472 g/mol. The molecule has 2 N–H and O–H groups in total. The van der Waals surface area contributed by atoms with Gasteiger partial charge in [0.1, 0.15) is 5.82 Å². The molecule has 1 heterocycles. The lowest BCUT2D eigenvalue weighted by molar-refractivity contribution is -0.115. The second-order valence-electron chi connectivity index (χ2n) is 8.73. The topological polar surface area (TPSA) is 76.0 Å². The lowest BCUT2D eigenvalue weighted by Crippen LogP contribution is -2.33. The fraction of sp³-hybridized carbons (Fsp3) is 0.292. The van der Waals surface area contributed by atoms with Gasteiger partial charge in [-0.25, -0.2) is 4.68 Å². The maximum atomic E-state index is 12.6. The number of benzene rings is 2. The minimum atomic E-state index is -0.419. The number of nitrogens with one attached hydrogen (secondary N) is 2. The maximum absolute atomic E-state index is 12.6. The van der Waals surface area contributed by atoms with Gasteiger partial charge in [-0.1, -0.05) is 61.7 Å². The van der Waals surface area contributed by atoms with E-state index in [1.54, 1.807) is 10.7 Å². The zero-order chi connectivity index (χ0) is 23.6. The van der Waals surface area contributed by atoms with Crippen molar-refractivity contribution in [3.05, 3.63) is 74.9 Å². The molecule has 0 aliphatic rings. The van der Waals surface area contributed by atoms with Crippen LogP contribution >= 0.6 is 23.2 Å². The van der Waals surface area contributed by atoms with Crippen LogP contribution < -0.4 is 10.6 Å². The first-order valence-corrected chi connectivity index (χ1v) is 10.9. The van der Waals surface area contributed by atoms with Crippen LogP contribution in [0.4, 0.5) is 5.82 Å². The third kappa shape index (κ3) is 5.50. The Morgan fingerprint density at radius 1 is 1.00 bits per heavy atom. The summed E-state index contributed by atoms with van der Waals surface area (Å²) in [4.78, 5) is 25.0. The molecule has 0 aliphatic heterocycles. The van der Waals surface area contributed by atoms with Gasteiger partial charge in [-0.05, 0) is 43.7 Å². The van der Waals surface area contributed by atoms with Crippen molar-refractivity contribution < 1.29 is 9.59 Å². The first-order chi connectivity index (χ1) is 15.0. The molecule has 1 aromatic heterocycles. The number of hydrogen-bond acceptors (Lipinski definition) is 3. The molecule has 3 rings (SSSR count). The Morgan fingerprint density at radius 2 is 1.72 bits per heavy atom. The van der Waals surface area contributed by atoms with Crippen molar-refractivity contribution in [1.29, 1.82) is 0 Å². The van der Waals surface area contributed by atoms with Crippen LogP contribution in [0.5, 0.6) is 0 Å². The van der Waals surface area contributed by atoms with Gasteiger partial charge in [-0.3, -0.25) is 9.59 Å². The zero-order valence-corrected chi connectivity index (χ0v) is 20.2. The zero-order valence-electron chi connectivity index (χ0n) is 18.7. The van der Waals surface area contributed by atoms with E-state index in [1.807, 2.05) is 32.0 Å². The number of nitrogens with zero attached hydrogens (tertiary/aromatic N) is 2. The largest absolute Gasteiger partial charge is 0.343 e. The predicted molar refractivity (Wildman–Crippen MR) is 129 cm³/mol. The maximum Gasteiger partial charge on any atom is 0.251 e. The highest BCUT2D eigenvalue weighted by atomic mass is 35.5. The summed E-state index contributed by atoms with van der Waals surface area (Å²) in [6.45, 7) is 10.0. The number of hydrogen-bond donors (Lipinski definition) is 2. The van der Waals surface area contributed by atoms with Crippen LogP contribution in [0, 0.1) is 13.8 Å². The molecule has 2 amide bonds. The van der Waals surface area contributed by atoms with E-state index in [0.717, 1.165) is 22.5 Å². The summed E-state index contributed by atoms with van der Waals surface area (Å²) in [5, 5.41) is 10.8. The molecule has 0 saturated heterocycles. The number of halogens is 2. The molecule has 0 atom stereocenters. The van der Waals surface area contributed by atoms with Gasteiger partial charge < -0.3 is 10.6 Å². The molecule has 0 bridgehead atoms. The molecule has 0 spiro atoms. The molecule has 8 heteroatoms. The molecule has 0 aliphatic carbocycles. The molecular formula is C24H26Cl2N4O2. The second-order valence-corrected chi connectivity index (χ2v) is 9.54. The standard InChI is InChI=1S/C24H26Cl2N4O2/c1-14-6-9-19(15(2)10-14)30-21(12-20(29-30)24(3,4)5)28-22(31)13-27-23(32)16-7-8-17(25)18(26)11-16/h6-12H,13H2,1-5H3,(H,27,32)(H,28,31). The van der Waals surface area contributed by atoms with Crippen LogP contribution in [0.1, 0.15) is 48.0 Å². The molecule has 0 unspecified atom stereocenters. The van der Waals surface area contributed by atoms with Crippen molar-refractivity contribution in [3.8, 4) is 5.69 Å². The first kappa shape index (κ1) is 23.8. The summed E-state index contributed by atoms with van der Waals surface area (Å²) >= 11 is 11.9. The van der Waals surface area contributed by atoms with Crippen LogP contribution in [-0.2, 0) is 10.2 Å². The van der Waals surface area contributed by atoms with Gasteiger partial charge in [0.2, 0.25) is 5.91 Å². The minimum absolute atomic E-state index is 0.203. The van der Waals surface area contributed by atoms with Crippen LogP contribution in [0.2, 0.25) is 10.0 Å². The Labute approximate surface area is 197 Å². The summed E-state index contributed by atoms with van der Waals surface area (Å²) in [5.41, 5.74) is 4.02. The average molecular weight is 473 g/mol. The van der Waals surface area contributed by atoms with Gasteiger partial charge in [-0.15, -0.1) is 0 Å². The van der Waals surface area contributed by atoms with Gasteiger partial charge in [0.15, 0.2) is 0 Å². The van der Waals surface area contributed by atoms with Gasteiger partial charge in [0, 0.05) is 17.0 Å². The van der Waals surface area contributed by atoms with E-state index in [2.05, 4.69) is 37.5 Å². The van der Waals surface area contributed by atoms with Crippen molar-refractivity contribution >= 4 is 40.8 Å². The van der Waals surface area contributed by atoms with Crippen molar-refractivity contribution in [3.63, 3.8) is 0 Å². The van der Waals surface area contributed by atoms with Crippen molar-refractivity contribution in [2.24, 2.45) is 0 Å². The smallest absolute Gasteiger partial charge is 0.251 e. The number of aromatic nitrogens is 2. The van der Waals surface area contributed by atoms with E-state index >= 15 is 0 Å². The van der Waals surface area contributed by atoms with Crippen LogP contribution in [0.25, 0.3) is 5.69 Å². The van der Waals surface area contributed by atoms with Crippen molar-refractivity contribution in [1.82, 2.24) is 15.1 Å². The molecule has 32 heavy (non-hydrogen) atoms. The van der Waals surface area contributed by atoms with Crippen LogP contribution in [0.15, 0.2) is 42.5 Å². The van der Waals surface area contributed by atoms with Crippen molar-refractivity contribution in [2.45, 2.75) is 40.0 Å².